The van der Waals surface area contributed by atoms with Gasteiger partial charge in [-0.25, -0.2) is 4.39 Å². The van der Waals surface area contributed by atoms with Crippen LogP contribution in [0.2, 0.25) is 5.02 Å². The molecule has 0 saturated carbocycles. The minimum Gasteiger partial charge on any atom is -0.397 e. The van der Waals surface area contributed by atoms with Crippen molar-refractivity contribution in [3.63, 3.8) is 0 Å². The van der Waals surface area contributed by atoms with Gasteiger partial charge in [0.05, 0.1) is 23.6 Å². The molecule has 0 aliphatic heterocycles. The molecule has 0 radical (unpaired) electrons. The van der Waals surface area contributed by atoms with E-state index in [1.54, 1.807) is 21.1 Å². The standard InChI is InChI=1S/C11H16ClFN4O/c1-16(2)8(18)5-17(3)11-7(15)4-6(14)9(12)10(11)13/h4H,5,14-15H2,1-3H3. The third-order valence-corrected chi connectivity index (χ3v) is 2.88. The molecule has 0 aliphatic rings. The van der Waals surface area contributed by atoms with Gasteiger partial charge in [-0.3, -0.25) is 4.79 Å². The van der Waals surface area contributed by atoms with Crippen LogP contribution >= 0.6 is 11.6 Å². The summed E-state index contributed by atoms with van der Waals surface area (Å²) < 4.78 is 14.0. The largest absolute Gasteiger partial charge is 0.397 e. The van der Waals surface area contributed by atoms with Gasteiger partial charge < -0.3 is 21.3 Å². The van der Waals surface area contributed by atoms with E-state index in [1.807, 2.05) is 0 Å². The fourth-order valence-corrected chi connectivity index (χ4v) is 1.61. The van der Waals surface area contributed by atoms with Crippen LogP contribution in [0.1, 0.15) is 0 Å². The Kier molecular flexibility index (Phi) is 4.24. The number of carbonyl (C=O) groups is 1. The lowest BCUT2D eigenvalue weighted by molar-refractivity contribution is -0.127. The van der Waals surface area contributed by atoms with Gasteiger partial charge in [0.15, 0.2) is 5.82 Å². The molecule has 1 rings (SSSR count). The SMILES string of the molecule is CN(C)C(=O)CN(C)c1c(N)cc(N)c(Cl)c1F. The number of carbonyl (C=O) groups excluding carboxylic acids is 1. The Balaban J connectivity index is 3.10. The number of nitrogens with two attached hydrogens (primary N) is 2. The Morgan fingerprint density at radius 2 is 1.89 bits per heavy atom. The van der Waals surface area contributed by atoms with Crippen molar-refractivity contribution >= 4 is 34.6 Å². The molecular weight excluding hydrogens is 259 g/mol. The van der Waals surface area contributed by atoms with E-state index in [1.165, 1.54) is 15.9 Å². The van der Waals surface area contributed by atoms with Crippen molar-refractivity contribution < 1.29 is 9.18 Å². The van der Waals surface area contributed by atoms with Crippen molar-refractivity contribution in [2.75, 3.05) is 44.1 Å². The van der Waals surface area contributed by atoms with Gasteiger partial charge in [0.25, 0.3) is 0 Å². The Labute approximate surface area is 110 Å². The Bertz CT molecular complexity index is 479. The quantitative estimate of drug-likeness (QED) is 0.812. The van der Waals surface area contributed by atoms with Crippen molar-refractivity contribution in [1.29, 1.82) is 0 Å². The first-order chi connectivity index (χ1) is 8.25. The van der Waals surface area contributed by atoms with E-state index in [9.17, 15) is 9.18 Å². The highest BCUT2D eigenvalue weighted by Gasteiger charge is 2.19. The molecule has 0 fully saturated rings. The van der Waals surface area contributed by atoms with Gasteiger partial charge in [-0.05, 0) is 6.07 Å². The van der Waals surface area contributed by atoms with Crippen molar-refractivity contribution in [2.45, 2.75) is 0 Å². The molecule has 0 heterocycles. The zero-order chi connectivity index (χ0) is 14.0. The summed E-state index contributed by atoms with van der Waals surface area (Å²) in [5, 5.41) is -0.191. The van der Waals surface area contributed by atoms with E-state index in [2.05, 4.69) is 0 Å². The number of halogens is 2. The normalized spacial score (nSPS) is 10.3. The molecule has 1 amide bonds. The van der Waals surface area contributed by atoms with Gasteiger partial charge in [0.1, 0.15) is 5.02 Å². The number of likely N-dealkylation sites (N-methyl/N-ethyl adjacent to an activating group) is 2. The van der Waals surface area contributed by atoms with Gasteiger partial charge in [0.2, 0.25) is 5.91 Å². The van der Waals surface area contributed by atoms with Crippen LogP contribution in [0.4, 0.5) is 21.5 Å². The minimum absolute atomic E-state index is 0.00559. The van der Waals surface area contributed by atoms with Crippen LogP contribution in [0.5, 0.6) is 0 Å². The number of hydrogen-bond donors (Lipinski definition) is 2. The summed E-state index contributed by atoms with van der Waals surface area (Å²) in [6, 6.07) is 1.37. The number of rotatable bonds is 3. The zero-order valence-electron chi connectivity index (χ0n) is 10.5. The van der Waals surface area contributed by atoms with E-state index in [0.717, 1.165) is 0 Å². The molecule has 7 heteroatoms. The first-order valence-corrected chi connectivity index (χ1v) is 5.57. The van der Waals surface area contributed by atoms with E-state index in [0.29, 0.717) is 0 Å². The molecule has 0 aliphatic carbocycles. The van der Waals surface area contributed by atoms with Crippen LogP contribution in [0, 0.1) is 5.82 Å². The highest BCUT2D eigenvalue weighted by atomic mass is 35.5. The molecule has 0 saturated heterocycles. The molecule has 4 N–H and O–H groups in total. The first kappa shape index (κ1) is 14.4. The second kappa shape index (κ2) is 5.30. The zero-order valence-corrected chi connectivity index (χ0v) is 11.3. The van der Waals surface area contributed by atoms with Crippen LogP contribution in [0.25, 0.3) is 0 Å². The molecule has 1 aromatic rings. The molecule has 1 aromatic carbocycles. The highest BCUT2D eigenvalue weighted by Crippen LogP contribution is 2.35. The minimum atomic E-state index is -0.719. The molecule has 18 heavy (non-hydrogen) atoms. The lowest BCUT2D eigenvalue weighted by Crippen LogP contribution is -2.35. The third-order valence-electron chi connectivity index (χ3n) is 2.49. The Hall–Kier alpha value is -1.69. The summed E-state index contributed by atoms with van der Waals surface area (Å²) in [6.45, 7) is -0.00559. The van der Waals surface area contributed by atoms with Gasteiger partial charge in [-0.15, -0.1) is 0 Å². The second-order valence-electron chi connectivity index (χ2n) is 4.18. The van der Waals surface area contributed by atoms with Crippen LogP contribution in [-0.4, -0.2) is 38.5 Å². The molecule has 0 aromatic heterocycles. The summed E-state index contributed by atoms with van der Waals surface area (Å²) in [4.78, 5) is 14.4. The number of amides is 1. The summed E-state index contributed by atoms with van der Waals surface area (Å²) in [7, 11) is 4.79. The van der Waals surface area contributed by atoms with Gasteiger partial charge >= 0.3 is 0 Å². The molecule has 5 nitrogen and oxygen atoms in total. The molecule has 0 unspecified atom stereocenters. The van der Waals surface area contributed by atoms with Crippen LogP contribution in [-0.2, 0) is 4.79 Å². The fourth-order valence-electron chi connectivity index (χ4n) is 1.47. The molecule has 0 bridgehead atoms. The van der Waals surface area contributed by atoms with Gasteiger partial charge in [-0.2, -0.15) is 0 Å². The summed E-state index contributed by atoms with van der Waals surface area (Å²) in [5.41, 5.74) is 11.5. The smallest absolute Gasteiger partial charge is 0.241 e. The van der Waals surface area contributed by atoms with Crippen molar-refractivity contribution in [2.24, 2.45) is 0 Å². The van der Waals surface area contributed by atoms with Crippen LogP contribution in [0.3, 0.4) is 0 Å². The maximum Gasteiger partial charge on any atom is 0.241 e. The summed E-state index contributed by atoms with van der Waals surface area (Å²) in [5.74, 6) is -0.896. The lowest BCUT2D eigenvalue weighted by atomic mass is 10.2. The third kappa shape index (κ3) is 2.76. The number of nitrogen functional groups attached to an aromatic ring is 2. The van der Waals surface area contributed by atoms with Crippen molar-refractivity contribution in [3.05, 3.63) is 16.9 Å². The van der Waals surface area contributed by atoms with E-state index in [4.69, 9.17) is 23.1 Å². The molecule has 0 spiro atoms. The second-order valence-corrected chi connectivity index (χ2v) is 4.55. The predicted molar refractivity (Wildman–Crippen MR) is 72.2 cm³/mol. The summed E-state index contributed by atoms with van der Waals surface area (Å²) >= 11 is 5.72. The van der Waals surface area contributed by atoms with Crippen molar-refractivity contribution in [1.82, 2.24) is 4.90 Å². The van der Waals surface area contributed by atoms with E-state index < -0.39 is 5.82 Å². The van der Waals surface area contributed by atoms with Gasteiger partial charge in [-0.1, -0.05) is 11.6 Å². The number of anilines is 3. The van der Waals surface area contributed by atoms with Crippen LogP contribution in [0.15, 0.2) is 6.07 Å². The lowest BCUT2D eigenvalue weighted by Gasteiger charge is -2.23. The topological polar surface area (TPSA) is 75.6 Å². The molecule has 100 valence electrons. The number of hydrogen-bond acceptors (Lipinski definition) is 4. The maximum absolute atomic E-state index is 14.0. The maximum atomic E-state index is 14.0. The highest BCUT2D eigenvalue weighted by molar-refractivity contribution is 6.33. The number of benzene rings is 1. The number of nitrogens with zero attached hydrogens (tertiary/aromatic N) is 2. The Morgan fingerprint density at radius 3 is 2.39 bits per heavy atom. The van der Waals surface area contributed by atoms with E-state index in [-0.39, 0.29) is 34.5 Å². The van der Waals surface area contributed by atoms with Crippen molar-refractivity contribution in [3.8, 4) is 0 Å². The average Bonchev–Trinajstić information content (AvgIpc) is 2.25. The Morgan fingerprint density at radius 1 is 1.33 bits per heavy atom. The fraction of sp³-hybridized carbons (Fsp3) is 0.364. The molecule has 0 atom stereocenters. The monoisotopic (exact) mass is 274 g/mol. The average molecular weight is 275 g/mol. The van der Waals surface area contributed by atoms with Gasteiger partial charge in [0, 0.05) is 21.1 Å². The molecular formula is C11H16ClFN4O. The van der Waals surface area contributed by atoms with Crippen LogP contribution < -0.4 is 16.4 Å². The first-order valence-electron chi connectivity index (χ1n) is 5.20. The summed E-state index contributed by atoms with van der Waals surface area (Å²) in [6.07, 6.45) is 0. The predicted octanol–water partition coefficient (Wildman–Crippen LogP) is 1.17. The van der Waals surface area contributed by atoms with E-state index >= 15 is 0 Å².